The van der Waals surface area contributed by atoms with Gasteiger partial charge in [0, 0.05) is 16.6 Å². The van der Waals surface area contributed by atoms with Gasteiger partial charge in [-0.2, -0.15) is 0 Å². The average Bonchev–Trinajstić information content (AvgIpc) is 3.08. The fourth-order valence-electron chi connectivity index (χ4n) is 2.72. The molecule has 0 aromatic heterocycles. The smallest absolute Gasteiger partial charge is 0.231 e. The maximum absolute atomic E-state index is 12.6. The molecule has 2 atom stereocenters. The van der Waals surface area contributed by atoms with E-state index in [4.69, 9.17) is 58.0 Å². The van der Waals surface area contributed by atoms with Crippen molar-refractivity contribution in [1.29, 1.82) is 0 Å². The second-order valence-corrected chi connectivity index (χ2v) is 8.42. The van der Waals surface area contributed by atoms with E-state index < -0.39 is 10.3 Å². The topological polar surface area (TPSA) is 29.1 Å². The predicted octanol–water partition coefficient (Wildman–Crippen LogP) is 6.48. The van der Waals surface area contributed by atoms with Gasteiger partial charge in [-0.15, -0.1) is 23.2 Å². The van der Waals surface area contributed by atoms with Crippen LogP contribution in [0.1, 0.15) is 17.0 Å². The highest BCUT2D eigenvalue weighted by atomic mass is 35.5. The van der Waals surface area contributed by atoms with Gasteiger partial charge >= 0.3 is 0 Å². The fraction of sp³-hybridized carbons (Fsp3) is 0.235. The standard InChI is InChI=1S/C17H12Cl5NO/c1-8-6-10(3-5-11(8)18)23-16(24)15-14(17(15,21)22)9-2-4-12(19)13(20)7-9/h2-7,14-15H,1H3,(H,23,24)/t14-,15?/m0/s1. The van der Waals surface area contributed by atoms with Crippen LogP contribution in [0.5, 0.6) is 0 Å². The molecular weight excluding hydrogens is 411 g/mol. The van der Waals surface area contributed by atoms with E-state index in [1.165, 1.54) is 0 Å². The van der Waals surface area contributed by atoms with E-state index in [1.54, 1.807) is 36.4 Å². The zero-order valence-electron chi connectivity index (χ0n) is 12.4. The predicted molar refractivity (Wildman–Crippen MR) is 102 cm³/mol. The maximum atomic E-state index is 12.6. The van der Waals surface area contributed by atoms with Crippen LogP contribution in [0.4, 0.5) is 5.69 Å². The number of nitrogens with one attached hydrogen (secondary N) is 1. The SMILES string of the molecule is Cc1cc(NC(=O)C2[C@H](c3ccc(Cl)c(Cl)c3)C2(Cl)Cl)ccc1Cl. The average molecular weight is 424 g/mol. The minimum Gasteiger partial charge on any atom is -0.326 e. The zero-order chi connectivity index (χ0) is 17.6. The van der Waals surface area contributed by atoms with Crippen molar-refractivity contribution in [2.45, 2.75) is 17.2 Å². The van der Waals surface area contributed by atoms with Gasteiger partial charge in [-0.1, -0.05) is 40.9 Å². The molecule has 1 N–H and O–H groups in total. The molecule has 2 aromatic carbocycles. The third kappa shape index (κ3) is 3.36. The van der Waals surface area contributed by atoms with Crippen LogP contribution in [0.3, 0.4) is 0 Å². The van der Waals surface area contributed by atoms with Gasteiger partial charge in [-0.05, 0) is 48.4 Å². The van der Waals surface area contributed by atoms with Gasteiger partial charge in [0.1, 0.15) is 4.33 Å². The van der Waals surface area contributed by atoms with Crippen molar-refractivity contribution in [3.63, 3.8) is 0 Å². The summed E-state index contributed by atoms with van der Waals surface area (Å²) in [4.78, 5) is 12.6. The molecule has 0 saturated heterocycles. The number of alkyl halides is 2. The minimum absolute atomic E-state index is 0.252. The number of benzene rings is 2. The molecule has 126 valence electrons. The molecule has 1 saturated carbocycles. The number of anilines is 1. The minimum atomic E-state index is -1.18. The quantitative estimate of drug-likeness (QED) is 0.562. The number of amides is 1. The van der Waals surface area contributed by atoms with Crippen LogP contribution in [0.25, 0.3) is 0 Å². The van der Waals surface area contributed by atoms with Gasteiger partial charge in [0.15, 0.2) is 0 Å². The summed E-state index contributed by atoms with van der Waals surface area (Å²) in [7, 11) is 0. The van der Waals surface area contributed by atoms with Crippen molar-refractivity contribution in [2.75, 3.05) is 5.32 Å². The Kier molecular flexibility index (Phi) is 4.98. The van der Waals surface area contributed by atoms with Crippen LogP contribution < -0.4 is 5.32 Å². The summed E-state index contributed by atoms with van der Waals surface area (Å²) in [6, 6.07) is 10.4. The molecule has 2 aromatic rings. The van der Waals surface area contributed by atoms with Crippen LogP contribution in [0.15, 0.2) is 36.4 Å². The second kappa shape index (κ2) is 6.59. The van der Waals surface area contributed by atoms with Crippen LogP contribution in [-0.2, 0) is 4.79 Å². The summed E-state index contributed by atoms with van der Waals surface area (Å²) in [5, 5.41) is 4.30. The molecule has 7 heteroatoms. The first kappa shape index (κ1) is 18.2. The summed E-state index contributed by atoms with van der Waals surface area (Å²) in [6.45, 7) is 1.86. The Labute approximate surface area is 165 Å². The summed E-state index contributed by atoms with van der Waals surface area (Å²) in [6.07, 6.45) is 0. The third-order valence-electron chi connectivity index (χ3n) is 4.06. The molecule has 1 aliphatic carbocycles. The molecule has 0 spiro atoms. The number of hydrogen-bond acceptors (Lipinski definition) is 1. The molecule has 24 heavy (non-hydrogen) atoms. The van der Waals surface area contributed by atoms with Gasteiger partial charge in [0.25, 0.3) is 0 Å². The first-order valence-electron chi connectivity index (χ1n) is 7.11. The van der Waals surface area contributed by atoms with Crippen molar-refractivity contribution in [1.82, 2.24) is 0 Å². The van der Waals surface area contributed by atoms with Gasteiger partial charge in [0.2, 0.25) is 5.91 Å². The number of hydrogen-bond donors (Lipinski definition) is 1. The van der Waals surface area contributed by atoms with Crippen LogP contribution in [0, 0.1) is 12.8 Å². The van der Waals surface area contributed by atoms with Crippen LogP contribution in [0.2, 0.25) is 15.1 Å². The maximum Gasteiger partial charge on any atom is 0.231 e. The second-order valence-electron chi connectivity index (χ2n) is 5.76. The van der Waals surface area contributed by atoms with Crippen molar-refractivity contribution in [2.24, 2.45) is 5.92 Å². The first-order chi connectivity index (χ1) is 11.2. The molecule has 0 heterocycles. The van der Waals surface area contributed by atoms with Crippen LogP contribution in [-0.4, -0.2) is 10.2 Å². The summed E-state index contributed by atoms with van der Waals surface area (Å²) in [5.41, 5.74) is 2.29. The van der Waals surface area contributed by atoms with E-state index in [1.807, 2.05) is 6.92 Å². The molecule has 2 nitrogen and oxygen atoms in total. The molecule has 0 radical (unpaired) electrons. The lowest BCUT2D eigenvalue weighted by Crippen LogP contribution is -2.17. The normalized spacial score (nSPS) is 21.4. The van der Waals surface area contributed by atoms with Gasteiger partial charge < -0.3 is 5.32 Å². The number of halogens is 5. The Morgan fingerprint density at radius 1 is 1.00 bits per heavy atom. The van der Waals surface area contributed by atoms with Crippen molar-refractivity contribution in [3.8, 4) is 0 Å². The molecule has 1 unspecified atom stereocenters. The Morgan fingerprint density at radius 3 is 2.29 bits per heavy atom. The lowest BCUT2D eigenvalue weighted by molar-refractivity contribution is -0.117. The highest BCUT2D eigenvalue weighted by Gasteiger charge is 2.67. The molecule has 1 fully saturated rings. The van der Waals surface area contributed by atoms with Gasteiger partial charge in [0.05, 0.1) is 16.0 Å². The van der Waals surface area contributed by atoms with E-state index in [9.17, 15) is 4.79 Å². The summed E-state index contributed by atoms with van der Waals surface area (Å²) in [5.74, 6) is -1.17. The molecule has 0 aliphatic heterocycles. The van der Waals surface area contributed by atoms with Gasteiger partial charge in [-0.3, -0.25) is 4.79 Å². The highest BCUT2D eigenvalue weighted by Crippen LogP contribution is 2.65. The largest absolute Gasteiger partial charge is 0.326 e. The number of carbonyl (C=O) groups excluding carboxylic acids is 1. The van der Waals surface area contributed by atoms with E-state index >= 15 is 0 Å². The number of carbonyl (C=O) groups is 1. The first-order valence-corrected chi connectivity index (χ1v) is 9.00. The van der Waals surface area contributed by atoms with Gasteiger partial charge in [-0.25, -0.2) is 0 Å². The number of aryl methyl sites for hydroxylation is 1. The highest BCUT2D eigenvalue weighted by molar-refractivity contribution is 6.53. The summed E-state index contributed by atoms with van der Waals surface area (Å²) >= 11 is 30.6. The zero-order valence-corrected chi connectivity index (χ0v) is 16.2. The number of rotatable bonds is 3. The Bertz CT molecular complexity index is 821. The molecule has 1 amide bonds. The van der Waals surface area contributed by atoms with Crippen LogP contribution >= 0.6 is 58.0 Å². The molecule has 3 rings (SSSR count). The fourth-order valence-corrected chi connectivity index (χ4v) is 3.97. The molecule has 0 bridgehead atoms. The lowest BCUT2D eigenvalue weighted by Gasteiger charge is -2.07. The van der Waals surface area contributed by atoms with Crippen molar-refractivity contribution >= 4 is 69.6 Å². The van der Waals surface area contributed by atoms with E-state index in [0.717, 1.165) is 11.1 Å². The van der Waals surface area contributed by atoms with E-state index in [0.29, 0.717) is 20.8 Å². The third-order valence-corrected chi connectivity index (χ3v) is 6.17. The van der Waals surface area contributed by atoms with E-state index in [-0.39, 0.29) is 11.8 Å². The monoisotopic (exact) mass is 421 g/mol. The lowest BCUT2D eigenvalue weighted by atomic mass is 10.1. The Morgan fingerprint density at radius 2 is 1.67 bits per heavy atom. The Balaban J connectivity index is 1.79. The van der Waals surface area contributed by atoms with Crippen molar-refractivity contribution in [3.05, 3.63) is 62.6 Å². The molecular formula is C17H12Cl5NO. The van der Waals surface area contributed by atoms with E-state index in [2.05, 4.69) is 5.32 Å². The summed E-state index contributed by atoms with van der Waals surface area (Å²) < 4.78 is -1.18. The Hall–Kier alpha value is -0.640. The van der Waals surface area contributed by atoms with Crippen molar-refractivity contribution < 1.29 is 4.79 Å². The molecule has 1 aliphatic rings.